The minimum absolute atomic E-state index is 0.0110. The van der Waals surface area contributed by atoms with Crippen LogP contribution in [0.1, 0.15) is 6.92 Å². The molecule has 6 heteroatoms. The lowest BCUT2D eigenvalue weighted by molar-refractivity contribution is 0.629. The largest absolute Gasteiger partial charge is 0.347 e. The van der Waals surface area contributed by atoms with Gasteiger partial charge in [-0.05, 0) is 31.2 Å². The number of benzene rings is 2. The maximum Gasteiger partial charge on any atom is 0.199 e. The van der Waals surface area contributed by atoms with Crippen LogP contribution in [0, 0.1) is 5.82 Å². The first-order valence-corrected chi connectivity index (χ1v) is 8.66. The summed E-state index contributed by atoms with van der Waals surface area (Å²) < 4.78 is 16.8. The number of rotatable bonds is 2. The highest BCUT2D eigenvalue weighted by molar-refractivity contribution is 7.21. The predicted molar refractivity (Wildman–Crippen MR) is 97.5 cm³/mol. The minimum atomic E-state index is -0.592. The molecule has 2 aromatic carbocycles. The molecule has 0 aliphatic rings. The second-order valence-corrected chi connectivity index (χ2v) is 6.87. The van der Waals surface area contributed by atoms with E-state index >= 15 is 0 Å². The highest BCUT2D eigenvalue weighted by Crippen LogP contribution is 2.30. The van der Waals surface area contributed by atoms with Crippen LogP contribution in [0.25, 0.3) is 31.7 Å². The first kappa shape index (κ1) is 15.3. The van der Waals surface area contributed by atoms with Gasteiger partial charge in [-0.15, -0.1) is 11.3 Å². The third kappa shape index (κ3) is 2.32. The van der Waals surface area contributed by atoms with Gasteiger partial charge in [0.25, 0.3) is 0 Å². The highest BCUT2D eigenvalue weighted by atomic mass is 35.5. The molecule has 3 nitrogen and oxygen atoms in total. The summed E-state index contributed by atoms with van der Waals surface area (Å²) in [5.41, 5.74) is 1.72. The molecule has 2 heterocycles. The Labute approximate surface area is 146 Å². The Kier molecular flexibility index (Phi) is 3.62. The molecule has 0 bridgehead atoms. The Hall–Kier alpha value is -2.24. The Balaban J connectivity index is 2.07. The molecule has 0 unspecified atom stereocenters. The zero-order valence-electron chi connectivity index (χ0n) is 12.7. The van der Waals surface area contributed by atoms with Gasteiger partial charge < -0.3 is 4.57 Å². The van der Waals surface area contributed by atoms with Crippen LogP contribution in [0.5, 0.6) is 0 Å². The first-order chi connectivity index (χ1) is 11.6. The number of aromatic nitrogens is 2. The molecule has 2 aromatic heterocycles. The fraction of sp³-hybridized carbons (Fsp3) is 0.111. The van der Waals surface area contributed by atoms with Gasteiger partial charge >= 0.3 is 0 Å². The Bertz CT molecular complexity index is 1120. The summed E-state index contributed by atoms with van der Waals surface area (Å²) in [7, 11) is 0. The summed E-state index contributed by atoms with van der Waals surface area (Å²) in [4.78, 5) is 17.4. The monoisotopic (exact) mass is 358 g/mol. The second kappa shape index (κ2) is 5.69. The lowest BCUT2D eigenvalue weighted by Gasteiger charge is -2.11. The van der Waals surface area contributed by atoms with Crippen molar-refractivity contribution in [2.45, 2.75) is 13.5 Å². The van der Waals surface area contributed by atoms with Crippen molar-refractivity contribution in [3.63, 3.8) is 0 Å². The Morgan fingerprint density at radius 2 is 2.08 bits per heavy atom. The zero-order chi connectivity index (χ0) is 16.8. The van der Waals surface area contributed by atoms with Gasteiger partial charge in [-0.3, -0.25) is 4.79 Å². The molecule has 0 radical (unpaired) electrons. The van der Waals surface area contributed by atoms with Crippen LogP contribution < -0.4 is 5.43 Å². The molecule has 4 aromatic rings. The molecule has 0 aliphatic heterocycles. The molecule has 0 N–H and O–H groups in total. The number of aryl methyl sites for hydroxylation is 1. The number of hydrogen-bond donors (Lipinski definition) is 0. The number of hydrogen-bond acceptors (Lipinski definition) is 3. The lowest BCUT2D eigenvalue weighted by atomic mass is 10.1. The van der Waals surface area contributed by atoms with Crippen molar-refractivity contribution in [3.05, 3.63) is 63.7 Å². The molecule has 0 saturated carbocycles. The molecule has 24 heavy (non-hydrogen) atoms. The van der Waals surface area contributed by atoms with Gasteiger partial charge in [-0.2, -0.15) is 0 Å². The van der Waals surface area contributed by atoms with Crippen molar-refractivity contribution in [2.24, 2.45) is 0 Å². The summed E-state index contributed by atoms with van der Waals surface area (Å²) in [5.74, 6) is -0.592. The number of fused-ring (bicyclic) bond motifs is 2. The fourth-order valence-electron chi connectivity index (χ4n) is 2.79. The van der Waals surface area contributed by atoms with Gasteiger partial charge in [0.1, 0.15) is 10.8 Å². The van der Waals surface area contributed by atoms with E-state index in [1.165, 1.54) is 23.5 Å². The van der Waals surface area contributed by atoms with Crippen LogP contribution in [0.3, 0.4) is 0 Å². The summed E-state index contributed by atoms with van der Waals surface area (Å²) in [6, 6.07) is 10.4. The molecule has 0 amide bonds. The standard InChI is InChI=1S/C18H12ClFN2OS/c1-2-22-9-11(18-21-14-5-3-4-6-16(14)24-18)17(23)10-7-13(20)12(19)8-15(10)22/h3-9H,2H2,1H3. The molecule has 0 aliphatic carbocycles. The van der Waals surface area contributed by atoms with E-state index in [9.17, 15) is 9.18 Å². The highest BCUT2D eigenvalue weighted by Gasteiger charge is 2.16. The summed E-state index contributed by atoms with van der Waals surface area (Å²) in [6.45, 7) is 2.60. The minimum Gasteiger partial charge on any atom is -0.347 e. The molecule has 0 saturated heterocycles. The fourth-order valence-corrected chi connectivity index (χ4v) is 3.92. The van der Waals surface area contributed by atoms with Crippen LogP contribution in [0.2, 0.25) is 5.02 Å². The average molecular weight is 359 g/mol. The molecular formula is C18H12ClFN2OS. The molecule has 0 fully saturated rings. The van der Waals surface area contributed by atoms with E-state index in [1.54, 1.807) is 6.20 Å². The number of halogens is 2. The first-order valence-electron chi connectivity index (χ1n) is 7.46. The number of para-hydroxylation sites is 1. The SMILES string of the molecule is CCn1cc(-c2nc3ccccc3s2)c(=O)c2cc(F)c(Cl)cc21. The molecule has 120 valence electrons. The summed E-state index contributed by atoms with van der Waals surface area (Å²) in [6.07, 6.45) is 1.77. The third-order valence-electron chi connectivity index (χ3n) is 3.99. The lowest BCUT2D eigenvalue weighted by Crippen LogP contribution is -2.12. The van der Waals surface area contributed by atoms with E-state index < -0.39 is 5.82 Å². The van der Waals surface area contributed by atoms with E-state index in [2.05, 4.69) is 4.98 Å². The molecule has 0 spiro atoms. The summed E-state index contributed by atoms with van der Waals surface area (Å²) in [5, 5.41) is 0.966. The maximum absolute atomic E-state index is 13.9. The van der Waals surface area contributed by atoms with Crippen molar-refractivity contribution in [2.75, 3.05) is 0 Å². The van der Waals surface area contributed by atoms with E-state index in [4.69, 9.17) is 11.6 Å². The number of thiazole rings is 1. The van der Waals surface area contributed by atoms with Crippen LogP contribution in [-0.4, -0.2) is 9.55 Å². The predicted octanol–water partition coefficient (Wildman–Crippen LogP) is 5.09. The van der Waals surface area contributed by atoms with Crippen LogP contribution in [0.15, 0.2) is 47.4 Å². The average Bonchev–Trinajstić information content (AvgIpc) is 3.01. The van der Waals surface area contributed by atoms with Crippen molar-refractivity contribution < 1.29 is 4.39 Å². The number of pyridine rings is 1. The summed E-state index contributed by atoms with van der Waals surface area (Å²) >= 11 is 7.33. The smallest absolute Gasteiger partial charge is 0.199 e. The maximum atomic E-state index is 13.9. The van der Waals surface area contributed by atoms with Gasteiger partial charge in [0.05, 0.1) is 26.3 Å². The van der Waals surface area contributed by atoms with Crippen LogP contribution in [0.4, 0.5) is 4.39 Å². The van der Waals surface area contributed by atoms with Gasteiger partial charge in [0.15, 0.2) is 5.43 Å². The van der Waals surface area contributed by atoms with Crippen LogP contribution >= 0.6 is 22.9 Å². The number of nitrogens with zero attached hydrogens (tertiary/aromatic N) is 2. The van der Waals surface area contributed by atoms with Crippen molar-refractivity contribution >= 4 is 44.1 Å². The van der Waals surface area contributed by atoms with Crippen molar-refractivity contribution in [1.82, 2.24) is 9.55 Å². The third-order valence-corrected chi connectivity index (χ3v) is 5.35. The van der Waals surface area contributed by atoms with Gasteiger partial charge in [0.2, 0.25) is 0 Å². The van der Waals surface area contributed by atoms with Crippen LogP contribution in [-0.2, 0) is 6.54 Å². The van der Waals surface area contributed by atoms with Crippen molar-refractivity contribution in [1.29, 1.82) is 0 Å². The Morgan fingerprint density at radius 3 is 2.83 bits per heavy atom. The van der Waals surface area contributed by atoms with Gasteiger partial charge in [-0.1, -0.05) is 23.7 Å². The molecular weight excluding hydrogens is 347 g/mol. The topological polar surface area (TPSA) is 34.9 Å². The normalized spacial score (nSPS) is 11.5. The zero-order valence-corrected chi connectivity index (χ0v) is 14.3. The van der Waals surface area contributed by atoms with Crippen molar-refractivity contribution in [3.8, 4) is 10.6 Å². The molecule has 4 rings (SSSR count). The van der Waals surface area contributed by atoms with E-state index in [0.29, 0.717) is 28.0 Å². The Morgan fingerprint density at radius 1 is 1.29 bits per heavy atom. The van der Waals surface area contributed by atoms with E-state index in [0.717, 1.165) is 10.2 Å². The van der Waals surface area contributed by atoms with E-state index in [1.807, 2.05) is 35.8 Å². The van der Waals surface area contributed by atoms with Gasteiger partial charge in [-0.25, -0.2) is 9.37 Å². The second-order valence-electron chi connectivity index (χ2n) is 5.43. The quantitative estimate of drug-likeness (QED) is 0.500. The molecule has 0 atom stereocenters. The van der Waals surface area contributed by atoms with Gasteiger partial charge in [0, 0.05) is 18.1 Å². The van der Waals surface area contributed by atoms with E-state index in [-0.39, 0.29) is 10.5 Å².